The van der Waals surface area contributed by atoms with Gasteiger partial charge in [-0.3, -0.25) is 4.79 Å². The number of halogens is 2. The van der Waals surface area contributed by atoms with E-state index >= 15 is 0 Å². The molecule has 0 aromatic carbocycles. The van der Waals surface area contributed by atoms with Crippen LogP contribution in [0.1, 0.15) is 0 Å². The normalized spacial score (nSPS) is 10.3. The molecule has 0 spiro atoms. The van der Waals surface area contributed by atoms with E-state index in [-0.39, 0.29) is 5.56 Å². The Balaban J connectivity index is 2.63. The van der Waals surface area contributed by atoms with Gasteiger partial charge < -0.3 is 4.98 Å². The summed E-state index contributed by atoms with van der Waals surface area (Å²) in [7, 11) is 0. The highest BCUT2D eigenvalue weighted by atomic mass is 79.9. The maximum Gasteiger partial charge on any atom is 0.248 e. The molecule has 0 aliphatic rings. The molecule has 0 atom stereocenters. The Hall–Kier alpha value is -0.940. The SMILES string of the molecule is O=c1cccc(-c2cc(Br)cnc2Br)[nH]1. The lowest BCUT2D eigenvalue weighted by Crippen LogP contribution is -2.03. The first-order valence-electron chi connectivity index (χ1n) is 4.17. The van der Waals surface area contributed by atoms with E-state index in [2.05, 4.69) is 41.8 Å². The van der Waals surface area contributed by atoms with Gasteiger partial charge >= 0.3 is 0 Å². The molecule has 0 saturated carbocycles. The van der Waals surface area contributed by atoms with Gasteiger partial charge in [-0.1, -0.05) is 6.07 Å². The zero-order valence-electron chi connectivity index (χ0n) is 7.50. The zero-order valence-corrected chi connectivity index (χ0v) is 10.7. The van der Waals surface area contributed by atoms with Gasteiger partial charge in [0.2, 0.25) is 5.56 Å². The summed E-state index contributed by atoms with van der Waals surface area (Å²) in [4.78, 5) is 18.0. The first-order valence-corrected chi connectivity index (χ1v) is 5.76. The van der Waals surface area contributed by atoms with Crippen LogP contribution in [0.3, 0.4) is 0 Å². The minimum Gasteiger partial charge on any atom is -0.322 e. The zero-order chi connectivity index (χ0) is 10.8. The minimum absolute atomic E-state index is 0.126. The molecule has 0 radical (unpaired) electrons. The van der Waals surface area contributed by atoms with Crippen molar-refractivity contribution in [3.8, 4) is 11.3 Å². The van der Waals surface area contributed by atoms with Gasteiger partial charge in [-0.2, -0.15) is 0 Å². The third-order valence-electron chi connectivity index (χ3n) is 1.86. The second-order valence-electron chi connectivity index (χ2n) is 2.92. The Kier molecular flexibility index (Phi) is 3.02. The van der Waals surface area contributed by atoms with E-state index in [4.69, 9.17) is 0 Å². The van der Waals surface area contributed by atoms with E-state index in [9.17, 15) is 4.79 Å². The van der Waals surface area contributed by atoms with Gasteiger partial charge in [-0.25, -0.2) is 4.98 Å². The van der Waals surface area contributed by atoms with Gasteiger partial charge in [0.05, 0.1) is 5.69 Å². The molecule has 0 bridgehead atoms. The Labute approximate surface area is 103 Å². The van der Waals surface area contributed by atoms with E-state index < -0.39 is 0 Å². The van der Waals surface area contributed by atoms with Crippen molar-refractivity contribution in [1.82, 2.24) is 9.97 Å². The van der Waals surface area contributed by atoms with E-state index in [1.807, 2.05) is 12.1 Å². The van der Waals surface area contributed by atoms with Crippen LogP contribution in [-0.2, 0) is 0 Å². The van der Waals surface area contributed by atoms with Crippen LogP contribution >= 0.6 is 31.9 Å². The molecule has 1 N–H and O–H groups in total. The van der Waals surface area contributed by atoms with Crippen molar-refractivity contribution in [2.24, 2.45) is 0 Å². The molecule has 0 saturated heterocycles. The van der Waals surface area contributed by atoms with Crippen molar-refractivity contribution in [1.29, 1.82) is 0 Å². The van der Waals surface area contributed by atoms with Crippen molar-refractivity contribution in [2.75, 3.05) is 0 Å². The van der Waals surface area contributed by atoms with Gasteiger partial charge in [0, 0.05) is 22.3 Å². The van der Waals surface area contributed by atoms with E-state index in [0.717, 1.165) is 15.7 Å². The topological polar surface area (TPSA) is 45.8 Å². The lowest BCUT2D eigenvalue weighted by molar-refractivity contribution is 1.20. The predicted molar refractivity (Wildman–Crippen MR) is 65.7 cm³/mol. The summed E-state index contributed by atoms with van der Waals surface area (Å²) in [5.74, 6) is 0. The van der Waals surface area contributed by atoms with Crippen LogP contribution in [0, 0.1) is 0 Å². The monoisotopic (exact) mass is 328 g/mol. The second-order valence-corrected chi connectivity index (χ2v) is 4.59. The molecule has 0 amide bonds. The maximum atomic E-state index is 11.2. The molecular formula is C10H6Br2N2O. The number of rotatable bonds is 1. The third-order valence-corrected chi connectivity index (χ3v) is 2.93. The average Bonchev–Trinajstić information content (AvgIpc) is 2.22. The molecule has 2 aromatic heterocycles. The van der Waals surface area contributed by atoms with Crippen LogP contribution in [0.2, 0.25) is 0 Å². The quantitative estimate of drug-likeness (QED) is 0.817. The van der Waals surface area contributed by atoms with Crippen LogP contribution < -0.4 is 5.56 Å². The van der Waals surface area contributed by atoms with Crippen LogP contribution in [0.4, 0.5) is 0 Å². The third kappa shape index (κ3) is 2.35. The highest BCUT2D eigenvalue weighted by molar-refractivity contribution is 9.11. The van der Waals surface area contributed by atoms with Crippen LogP contribution in [0.25, 0.3) is 11.3 Å². The fraction of sp³-hybridized carbons (Fsp3) is 0. The van der Waals surface area contributed by atoms with Crippen molar-refractivity contribution in [3.05, 3.63) is 49.9 Å². The van der Waals surface area contributed by atoms with Gasteiger partial charge in [-0.05, 0) is 44.0 Å². The van der Waals surface area contributed by atoms with Crippen LogP contribution in [0.5, 0.6) is 0 Å². The van der Waals surface area contributed by atoms with Gasteiger partial charge in [-0.15, -0.1) is 0 Å². The summed E-state index contributed by atoms with van der Waals surface area (Å²) in [6.07, 6.45) is 1.69. The first kappa shape index (κ1) is 10.6. The molecule has 76 valence electrons. The van der Waals surface area contributed by atoms with Gasteiger partial charge in [0.15, 0.2) is 0 Å². The smallest absolute Gasteiger partial charge is 0.248 e. The average molecular weight is 330 g/mol. The first-order chi connectivity index (χ1) is 7.16. The van der Waals surface area contributed by atoms with Crippen molar-refractivity contribution >= 4 is 31.9 Å². The fourth-order valence-corrected chi connectivity index (χ4v) is 1.98. The molecule has 0 aliphatic heterocycles. The molecule has 2 rings (SSSR count). The van der Waals surface area contributed by atoms with Crippen LogP contribution in [-0.4, -0.2) is 9.97 Å². The fourth-order valence-electron chi connectivity index (χ4n) is 1.22. The number of hydrogen-bond donors (Lipinski definition) is 1. The van der Waals surface area contributed by atoms with E-state index in [1.165, 1.54) is 6.07 Å². The Morgan fingerprint density at radius 1 is 1.27 bits per heavy atom. The highest BCUT2D eigenvalue weighted by Gasteiger charge is 2.05. The highest BCUT2D eigenvalue weighted by Crippen LogP contribution is 2.26. The molecule has 0 fully saturated rings. The van der Waals surface area contributed by atoms with E-state index in [0.29, 0.717) is 4.60 Å². The maximum absolute atomic E-state index is 11.2. The lowest BCUT2D eigenvalue weighted by atomic mass is 10.2. The van der Waals surface area contributed by atoms with Gasteiger partial charge in [0.1, 0.15) is 4.60 Å². The standard InChI is InChI=1S/C10H6Br2N2O/c11-6-4-7(10(12)13-5-6)8-2-1-3-9(15)14-8/h1-5H,(H,14,15). The Bertz CT molecular complexity index is 551. The molecule has 3 nitrogen and oxygen atoms in total. The summed E-state index contributed by atoms with van der Waals surface area (Å²) in [6, 6.07) is 6.91. The van der Waals surface area contributed by atoms with Gasteiger partial charge in [0.25, 0.3) is 0 Å². The number of H-pyrrole nitrogens is 1. The molecule has 0 aliphatic carbocycles. The number of nitrogens with zero attached hydrogens (tertiary/aromatic N) is 1. The largest absolute Gasteiger partial charge is 0.322 e. The van der Waals surface area contributed by atoms with Crippen LogP contribution in [0.15, 0.2) is 44.3 Å². The summed E-state index contributed by atoms with van der Waals surface area (Å²) in [6.45, 7) is 0. The molecular weight excluding hydrogens is 324 g/mol. The molecule has 2 heterocycles. The Morgan fingerprint density at radius 2 is 2.07 bits per heavy atom. The Morgan fingerprint density at radius 3 is 2.80 bits per heavy atom. The summed E-state index contributed by atoms with van der Waals surface area (Å²) in [5.41, 5.74) is 1.46. The number of nitrogens with one attached hydrogen (secondary N) is 1. The lowest BCUT2D eigenvalue weighted by Gasteiger charge is -2.03. The predicted octanol–water partition coefficient (Wildman–Crippen LogP) is 2.96. The van der Waals surface area contributed by atoms with E-state index in [1.54, 1.807) is 12.3 Å². The number of pyridine rings is 2. The summed E-state index contributed by atoms with van der Waals surface area (Å²) < 4.78 is 1.57. The second kappa shape index (κ2) is 4.28. The number of aromatic amines is 1. The minimum atomic E-state index is -0.126. The summed E-state index contributed by atoms with van der Waals surface area (Å²) in [5, 5.41) is 0. The molecule has 15 heavy (non-hydrogen) atoms. The summed E-state index contributed by atoms with van der Waals surface area (Å²) >= 11 is 6.67. The number of aromatic nitrogens is 2. The molecule has 2 aromatic rings. The van der Waals surface area contributed by atoms with Crippen molar-refractivity contribution in [3.63, 3.8) is 0 Å². The van der Waals surface area contributed by atoms with Crippen molar-refractivity contribution < 1.29 is 0 Å². The molecule has 0 unspecified atom stereocenters. The molecule has 5 heteroatoms. The van der Waals surface area contributed by atoms with Crippen molar-refractivity contribution in [2.45, 2.75) is 0 Å². The number of hydrogen-bond acceptors (Lipinski definition) is 2.